The van der Waals surface area contributed by atoms with Gasteiger partial charge in [-0.15, -0.1) is 0 Å². The van der Waals surface area contributed by atoms with Gasteiger partial charge in [-0.25, -0.2) is 0 Å². The van der Waals surface area contributed by atoms with Crippen LogP contribution in [-0.2, 0) is 0 Å². The van der Waals surface area contributed by atoms with Crippen LogP contribution < -0.4 is 0 Å². The molecule has 0 heterocycles. The van der Waals surface area contributed by atoms with Crippen LogP contribution in [0.15, 0.2) is 66.7 Å². The summed E-state index contributed by atoms with van der Waals surface area (Å²) in [5.74, 6) is 0.552. The molecule has 0 aliphatic rings. The third kappa shape index (κ3) is 4.61. The van der Waals surface area contributed by atoms with Crippen LogP contribution in [0.3, 0.4) is 0 Å². The van der Waals surface area contributed by atoms with Crippen molar-refractivity contribution in [1.82, 2.24) is 0 Å². The molecule has 0 aliphatic carbocycles. The fourth-order valence-corrected chi connectivity index (χ4v) is 2.54. The van der Waals surface area contributed by atoms with E-state index in [1.54, 1.807) is 24.3 Å². The van der Waals surface area contributed by atoms with E-state index in [1.165, 1.54) is 5.56 Å². The third-order valence-electron chi connectivity index (χ3n) is 4.00. The monoisotopic (exact) mass is 328 g/mol. The minimum absolute atomic E-state index is 0.276. The Morgan fingerprint density at radius 1 is 0.560 bits per heavy atom. The lowest BCUT2D eigenvalue weighted by Crippen LogP contribution is -1.82. The Labute approximate surface area is 148 Å². The predicted molar refractivity (Wildman–Crippen MR) is 105 cm³/mol. The van der Waals surface area contributed by atoms with Gasteiger partial charge in [-0.3, -0.25) is 0 Å². The molecule has 2 N–H and O–H groups in total. The maximum absolute atomic E-state index is 9.32. The lowest BCUT2D eigenvalue weighted by Gasteiger charge is -2.03. The van der Waals surface area contributed by atoms with E-state index in [-0.39, 0.29) is 11.5 Å². The van der Waals surface area contributed by atoms with Gasteiger partial charge >= 0.3 is 0 Å². The zero-order valence-electron chi connectivity index (χ0n) is 14.1. The molecule has 3 aromatic rings. The lowest BCUT2D eigenvalue weighted by atomic mass is 10.0. The molecular formula is C23H20O2. The molecule has 0 radical (unpaired) electrons. The van der Waals surface area contributed by atoms with Crippen LogP contribution in [0, 0.1) is 6.92 Å². The number of aromatic hydroxyl groups is 2. The SMILES string of the molecule is Cc1cc(/C=C/c2ccc(O)cc2)ccc1/C=C/c1ccc(O)cc1. The highest BCUT2D eigenvalue weighted by molar-refractivity contribution is 5.74. The van der Waals surface area contributed by atoms with E-state index in [9.17, 15) is 10.2 Å². The Hall–Kier alpha value is -3.26. The molecule has 25 heavy (non-hydrogen) atoms. The number of phenolic OH excluding ortho intramolecular Hbond substituents is 2. The van der Waals surface area contributed by atoms with Gasteiger partial charge in [-0.1, -0.05) is 66.8 Å². The first-order valence-corrected chi connectivity index (χ1v) is 8.15. The van der Waals surface area contributed by atoms with Crippen LogP contribution in [0.1, 0.15) is 27.8 Å². The van der Waals surface area contributed by atoms with E-state index in [0.29, 0.717) is 0 Å². The molecule has 0 aliphatic heterocycles. The quantitative estimate of drug-likeness (QED) is 0.599. The van der Waals surface area contributed by atoms with Gasteiger partial charge in [0.1, 0.15) is 11.5 Å². The van der Waals surface area contributed by atoms with Crippen molar-refractivity contribution in [3.8, 4) is 11.5 Å². The van der Waals surface area contributed by atoms with Gasteiger partial charge in [0.15, 0.2) is 0 Å². The molecule has 124 valence electrons. The lowest BCUT2D eigenvalue weighted by molar-refractivity contribution is 0.474. The normalized spacial score (nSPS) is 11.4. The van der Waals surface area contributed by atoms with Crippen LogP contribution in [0.5, 0.6) is 11.5 Å². The summed E-state index contributed by atoms with van der Waals surface area (Å²) in [6, 6.07) is 20.6. The Morgan fingerprint density at radius 2 is 1.00 bits per heavy atom. The first-order valence-electron chi connectivity index (χ1n) is 8.15. The standard InChI is InChI=1S/C23H20O2/c1-17-16-20(3-2-18-6-12-22(24)13-7-18)5-11-21(17)10-4-19-8-14-23(25)15-9-19/h2-16,24-25H,1H3/b3-2+,10-4+. The molecule has 0 saturated heterocycles. The Morgan fingerprint density at radius 3 is 1.52 bits per heavy atom. The van der Waals surface area contributed by atoms with Crippen molar-refractivity contribution in [2.75, 3.05) is 0 Å². The number of rotatable bonds is 4. The molecule has 2 nitrogen and oxygen atoms in total. The molecule has 0 fully saturated rings. The van der Waals surface area contributed by atoms with E-state index in [4.69, 9.17) is 0 Å². The predicted octanol–water partition coefficient (Wildman–Crippen LogP) is 5.75. The Kier molecular flexibility index (Phi) is 5.00. The van der Waals surface area contributed by atoms with Gasteiger partial charge < -0.3 is 10.2 Å². The summed E-state index contributed by atoms with van der Waals surface area (Å²) < 4.78 is 0. The van der Waals surface area contributed by atoms with Crippen LogP contribution in [0.4, 0.5) is 0 Å². The van der Waals surface area contributed by atoms with Crippen LogP contribution in [0.25, 0.3) is 24.3 Å². The minimum Gasteiger partial charge on any atom is -0.508 e. The molecular weight excluding hydrogens is 308 g/mol. The van der Waals surface area contributed by atoms with Gasteiger partial charge in [0, 0.05) is 0 Å². The van der Waals surface area contributed by atoms with Gasteiger partial charge in [0.2, 0.25) is 0 Å². The molecule has 2 heteroatoms. The van der Waals surface area contributed by atoms with Crippen molar-refractivity contribution in [3.63, 3.8) is 0 Å². The first kappa shape index (κ1) is 16.6. The number of phenols is 2. The van der Waals surface area contributed by atoms with Gasteiger partial charge in [-0.05, 0) is 59.0 Å². The summed E-state index contributed by atoms with van der Waals surface area (Å²) in [4.78, 5) is 0. The summed E-state index contributed by atoms with van der Waals surface area (Å²) >= 11 is 0. The second kappa shape index (κ2) is 7.54. The highest BCUT2D eigenvalue weighted by Gasteiger charge is 1.97. The average molecular weight is 328 g/mol. The highest BCUT2D eigenvalue weighted by Crippen LogP contribution is 2.18. The summed E-state index contributed by atoms with van der Waals surface area (Å²) in [5, 5.41) is 18.6. The number of hydrogen-bond donors (Lipinski definition) is 2. The van der Waals surface area contributed by atoms with Gasteiger partial charge in [0.25, 0.3) is 0 Å². The van der Waals surface area contributed by atoms with Gasteiger partial charge in [-0.2, -0.15) is 0 Å². The first-order chi connectivity index (χ1) is 12.1. The van der Waals surface area contributed by atoms with E-state index in [2.05, 4.69) is 37.3 Å². The second-order valence-corrected chi connectivity index (χ2v) is 5.97. The zero-order valence-corrected chi connectivity index (χ0v) is 14.1. The van der Waals surface area contributed by atoms with E-state index < -0.39 is 0 Å². The van der Waals surface area contributed by atoms with Gasteiger partial charge in [0.05, 0.1) is 0 Å². The smallest absolute Gasteiger partial charge is 0.115 e. The van der Waals surface area contributed by atoms with Crippen molar-refractivity contribution in [3.05, 3.63) is 94.5 Å². The second-order valence-electron chi connectivity index (χ2n) is 5.97. The van der Waals surface area contributed by atoms with E-state index in [0.717, 1.165) is 22.3 Å². The molecule has 0 unspecified atom stereocenters. The van der Waals surface area contributed by atoms with Crippen molar-refractivity contribution in [1.29, 1.82) is 0 Å². The maximum Gasteiger partial charge on any atom is 0.115 e. The maximum atomic E-state index is 9.32. The summed E-state index contributed by atoms with van der Waals surface area (Å²) in [5.41, 5.74) is 5.59. The minimum atomic E-state index is 0.276. The molecule has 0 aromatic heterocycles. The largest absolute Gasteiger partial charge is 0.508 e. The molecule has 0 atom stereocenters. The van der Waals surface area contributed by atoms with Crippen molar-refractivity contribution >= 4 is 24.3 Å². The molecule has 0 amide bonds. The summed E-state index contributed by atoms with van der Waals surface area (Å²) in [6.07, 6.45) is 8.20. The van der Waals surface area contributed by atoms with Crippen LogP contribution in [-0.4, -0.2) is 10.2 Å². The third-order valence-corrected chi connectivity index (χ3v) is 4.00. The van der Waals surface area contributed by atoms with E-state index >= 15 is 0 Å². The average Bonchev–Trinajstić information content (AvgIpc) is 2.62. The molecule has 0 spiro atoms. The molecule has 3 rings (SSSR count). The van der Waals surface area contributed by atoms with Crippen molar-refractivity contribution in [2.24, 2.45) is 0 Å². The van der Waals surface area contributed by atoms with E-state index in [1.807, 2.05) is 36.4 Å². The molecule has 0 saturated carbocycles. The molecule has 0 bridgehead atoms. The van der Waals surface area contributed by atoms with Crippen molar-refractivity contribution < 1.29 is 10.2 Å². The summed E-state index contributed by atoms with van der Waals surface area (Å²) in [6.45, 7) is 2.09. The number of benzene rings is 3. The fraction of sp³-hybridized carbons (Fsp3) is 0.0435. The summed E-state index contributed by atoms with van der Waals surface area (Å²) in [7, 11) is 0. The fourth-order valence-electron chi connectivity index (χ4n) is 2.54. The Bertz CT molecular complexity index is 902. The number of hydrogen-bond acceptors (Lipinski definition) is 2. The van der Waals surface area contributed by atoms with Crippen LogP contribution >= 0.6 is 0 Å². The van der Waals surface area contributed by atoms with Crippen LogP contribution in [0.2, 0.25) is 0 Å². The topological polar surface area (TPSA) is 40.5 Å². The Balaban J connectivity index is 1.74. The highest BCUT2D eigenvalue weighted by atomic mass is 16.3. The zero-order chi connectivity index (χ0) is 17.6. The number of aryl methyl sites for hydroxylation is 1. The van der Waals surface area contributed by atoms with Crippen molar-refractivity contribution in [2.45, 2.75) is 6.92 Å². The molecule has 3 aromatic carbocycles.